The number of urea groups is 1. The molecule has 10 heteroatoms. The lowest BCUT2D eigenvalue weighted by atomic mass is 9.78. The van der Waals surface area contributed by atoms with Gasteiger partial charge in [0, 0.05) is 50.9 Å². The Morgan fingerprint density at radius 1 is 0.784 bits per heavy atom. The van der Waals surface area contributed by atoms with Crippen molar-refractivity contribution in [3.63, 3.8) is 0 Å². The van der Waals surface area contributed by atoms with Gasteiger partial charge in [-0.1, -0.05) is 36.4 Å². The predicted molar refractivity (Wildman–Crippen MR) is 196 cm³/mol. The highest BCUT2D eigenvalue weighted by atomic mass is 16.5. The van der Waals surface area contributed by atoms with Crippen molar-refractivity contribution < 1.29 is 23.9 Å². The third kappa shape index (κ3) is 8.43. The first kappa shape index (κ1) is 35.5. The first-order chi connectivity index (χ1) is 24.8. The van der Waals surface area contributed by atoms with E-state index in [1.165, 1.54) is 24.7 Å². The van der Waals surface area contributed by atoms with Crippen molar-refractivity contribution >= 4 is 29.5 Å². The third-order valence-electron chi connectivity index (χ3n) is 12.5. The summed E-state index contributed by atoms with van der Waals surface area (Å²) in [7, 11) is 1.44. The number of anilines is 1. The highest BCUT2D eigenvalue weighted by molar-refractivity contribution is 5.91. The number of nitrogens with zero attached hydrogens (tertiary/aromatic N) is 4. The SMILES string of the molecule is COC(=O)CN1CCC(C2CCN(C(=O)C(CC(=O)N3CCC(N4CCc5ccccc5NC4=O)CC3)Cc3ccc4c(c3)CCC4)CC2)CC1. The van der Waals surface area contributed by atoms with Crippen molar-refractivity contribution in [1.82, 2.24) is 19.6 Å². The minimum absolute atomic E-state index is 0.0503. The molecule has 0 bridgehead atoms. The van der Waals surface area contributed by atoms with Gasteiger partial charge in [0.1, 0.15) is 0 Å². The molecule has 10 nitrogen and oxygen atoms in total. The number of para-hydroxylation sites is 1. The number of likely N-dealkylation sites (tertiary alicyclic amines) is 3. The zero-order chi connectivity index (χ0) is 35.3. The van der Waals surface area contributed by atoms with Crippen LogP contribution in [-0.4, -0.2) is 109 Å². The summed E-state index contributed by atoms with van der Waals surface area (Å²) in [6.45, 7) is 5.56. The number of fused-ring (bicyclic) bond motifs is 2. The second kappa shape index (κ2) is 16.2. The highest BCUT2D eigenvalue weighted by Gasteiger charge is 2.36. The van der Waals surface area contributed by atoms with E-state index in [0.29, 0.717) is 44.4 Å². The summed E-state index contributed by atoms with van der Waals surface area (Å²) >= 11 is 0. The second-order valence-electron chi connectivity index (χ2n) is 15.6. The van der Waals surface area contributed by atoms with E-state index in [1.54, 1.807) is 0 Å². The van der Waals surface area contributed by atoms with E-state index in [2.05, 4.69) is 34.5 Å². The third-order valence-corrected chi connectivity index (χ3v) is 12.5. The van der Waals surface area contributed by atoms with Crippen molar-refractivity contribution in [3.8, 4) is 0 Å². The lowest BCUT2D eigenvalue weighted by molar-refractivity contribution is -0.143. The molecule has 1 aliphatic carbocycles. The van der Waals surface area contributed by atoms with Gasteiger partial charge in [-0.3, -0.25) is 19.3 Å². The summed E-state index contributed by atoms with van der Waals surface area (Å²) in [6, 6.07) is 14.7. The van der Waals surface area contributed by atoms with Gasteiger partial charge in [-0.05, 0) is 124 Å². The summed E-state index contributed by atoms with van der Waals surface area (Å²) in [6.07, 6.45) is 10.7. The molecule has 1 unspecified atom stereocenters. The Labute approximate surface area is 302 Å². The van der Waals surface area contributed by atoms with Crippen LogP contribution in [0, 0.1) is 17.8 Å². The molecular formula is C41H55N5O5. The van der Waals surface area contributed by atoms with Crippen molar-refractivity contribution in [2.24, 2.45) is 17.8 Å². The number of carbonyl (C=O) groups excluding carboxylic acids is 4. The average Bonchev–Trinajstić information content (AvgIpc) is 3.56. The molecule has 4 amide bonds. The van der Waals surface area contributed by atoms with Gasteiger partial charge in [0.25, 0.3) is 0 Å². The quantitative estimate of drug-likeness (QED) is 0.373. The van der Waals surface area contributed by atoms with Crippen molar-refractivity contribution in [1.29, 1.82) is 0 Å². The number of carbonyl (C=O) groups is 4. The number of methoxy groups -OCH3 is 1. The van der Waals surface area contributed by atoms with E-state index >= 15 is 0 Å². The lowest BCUT2D eigenvalue weighted by Crippen LogP contribution is -2.50. The molecule has 3 saturated heterocycles. The van der Waals surface area contributed by atoms with Crippen LogP contribution in [0.25, 0.3) is 0 Å². The van der Waals surface area contributed by atoms with Gasteiger partial charge in [-0.25, -0.2) is 4.79 Å². The zero-order valence-electron chi connectivity index (χ0n) is 30.3. The number of amides is 4. The smallest absolute Gasteiger partial charge is 0.322 e. The van der Waals surface area contributed by atoms with Gasteiger partial charge < -0.3 is 24.8 Å². The number of nitrogens with one attached hydrogen (secondary N) is 1. The van der Waals surface area contributed by atoms with E-state index in [1.807, 2.05) is 32.9 Å². The summed E-state index contributed by atoms with van der Waals surface area (Å²) in [5, 5.41) is 3.09. The Kier molecular flexibility index (Phi) is 11.3. The Bertz CT molecular complexity index is 1570. The maximum absolute atomic E-state index is 14.3. The number of hydrogen-bond donors (Lipinski definition) is 1. The van der Waals surface area contributed by atoms with Crippen molar-refractivity contribution in [2.75, 3.05) is 64.8 Å². The first-order valence-electron chi connectivity index (χ1n) is 19.5. The number of esters is 1. The van der Waals surface area contributed by atoms with E-state index in [9.17, 15) is 19.2 Å². The predicted octanol–water partition coefficient (Wildman–Crippen LogP) is 4.93. The molecule has 1 N–H and O–H groups in total. The van der Waals surface area contributed by atoms with Gasteiger partial charge in [0.15, 0.2) is 0 Å². The molecule has 4 aliphatic heterocycles. The zero-order valence-corrected chi connectivity index (χ0v) is 30.3. The Hall–Kier alpha value is -3.92. The fourth-order valence-electron chi connectivity index (χ4n) is 9.47. The van der Waals surface area contributed by atoms with Gasteiger partial charge >= 0.3 is 12.0 Å². The summed E-state index contributed by atoms with van der Waals surface area (Å²) in [5.74, 6) is 0.820. The standard InChI is InChI=1S/C41H55N5O5/c1-51-39(48)28-43-18-11-31(12-19-43)32-13-20-45(21-14-32)40(49)35(26-29-9-10-30-6-4-7-34(30)25-29)27-38(47)44-22-16-36(17-23-44)46-24-15-33-5-2-3-8-37(33)42-41(46)50/h2-3,5,8-10,25,31-32,35-36H,4,6-7,11-24,26-28H2,1H3,(H,42,50). The van der Waals surface area contributed by atoms with E-state index in [0.717, 1.165) is 101 Å². The van der Waals surface area contributed by atoms with E-state index in [-0.39, 0.29) is 42.2 Å². The average molecular weight is 698 g/mol. The summed E-state index contributed by atoms with van der Waals surface area (Å²) in [4.78, 5) is 61.2. The van der Waals surface area contributed by atoms with Crippen LogP contribution in [0.15, 0.2) is 42.5 Å². The largest absolute Gasteiger partial charge is 0.468 e. The maximum Gasteiger partial charge on any atom is 0.322 e. The van der Waals surface area contributed by atoms with Crippen LogP contribution in [-0.2, 0) is 44.8 Å². The number of hydrogen-bond acceptors (Lipinski definition) is 6. The maximum atomic E-state index is 14.3. The normalized spacial score (nSPS) is 21.4. The molecule has 0 aromatic heterocycles. The molecule has 5 aliphatic rings. The Morgan fingerprint density at radius 3 is 2.22 bits per heavy atom. The number of benzene rings is 2. The molecular weight excluding hydrogens is 642 g/mol. The molecule has 1 atom stereocenters. The topological polar surface area (TPSA) is 102 Å². The number of rotatable bonds is 9. The van der Waals surface area contributed by atoms with Gasteiger partial charge in [0.05, 0.1) is 19.6 Å². The van der Waals surface area contributed by atoms with Crippen LogP contribution >= 0.6 is 0 Å². The van der Waals surface area contributed by atoms with Crippen LogP contribution in [0.1, 0.15) is 73.6 Å². The molecule has 2 aromatic rings. The molecule has 7 rings (SSSR count). The van der Waals surface area contributed by atoms with Crippen LogP contribution in [0.5, 0.6) is 0 Å². The number of aryl methyl sites for hydroxylation is 2. The molecule has 0 saturated carbocycles. The molecule has 51 heavy (non-hydrogen) atoms. The van der Waals surface area contributed by atoms with Crippen LogP contribution in [0.2, 0.25) is 0 Å². The minimum atomic E-state index is -0.386. The molecule has 0 spiro atoms. The monoisotopic (exact) mass is 697 g/mol. The van der Waals surface area contributed by atoms with Crippen LogP contribution in [0.3, 0.4) is 0 Å². The van der Waals surface area contributed by atoms with Crippen molar-refractivity contribution in [2.45, 2.75) is 83.1 Å². The van der Waals surface area contributed by atoms with Gasteiger partial charge in [-0.2, -0.15) is 0 Å². The van der Waals surface area contributed by atoms with E-state index in [4.69, 9.17) is 4.74 Å². The Morgan fingerprint density at radius 2 is 1.47 bits per heavy atom. The number of ether oxygens (including phenoxy) is 1. The molecule has 3 fully saturated rings. The summed E-state index contributed by atoms with van der Waals surface area (Å²) < 4.78 is 4.85. The fraction of sp³-hybridized carbons (Fsp3) is 0.610. The van der Waals surface area contributed by atoms with E-state index < -0.39 is 0 Å². The van der Waals surface area contributed by atoms with Crippen LogP contribution in [0.4, 0.5) is 10.5 Å². The molecule has 2 aromatic carbocycles. The summed E-state index contributed by atoms with van der Waals surface area (Å²) in [5.41, 5.74) is 6.01. The minimum Gasteiger partial charge on any atom is -0.468 e. The lowest BCUT2D eigenvalue weighted by Gasteiger charge is -2.41. The first-order valence-corrected chi connectivity index (χ1v) is 19.5. The second-order valence-corrected chi connectivity index (χ2v) is 15.6. The number of piperidine rings is 3. The highest BCUT2D eigenvalue weighted by Crippen LogP contribution is 2.34. The molecule has 274 valence electrons. The van der Waals surface area contributed by atoms with Gasteiger partial charge in [0.2, 0.25) is 11.8 Å². The van der Waals surface area contributed by atoms with Crippen LogP contribution < -0.4 is 5.32 Å². The van der Waals surface area contributed by atoms with Gasteiger partial charge in [-0.15, -0.1) is 0 Å². The molecule has 0 radical (unpaired) electrons. The molecule has 4 heterocycles. The Balaban J connectivity index is 0.950. The van der Waals surface area contributed by atoms with Crippen molar-refractivity contribution in [3.05, 3.63) is 64.7 Å². The fourth-order valence-corrected chi connectivity index (χ4v) is 9.47.